The highest BCUT2D eigenvalue weighted by Crippen LogP contribution is 2.51. The smallest absolute Gasteiger partial charge is 0.408 e. The average Bonchev–Trinajstić information content (AvgIpc) is 2.93. The van der Waals surface area contributed by atoms with E-state index in [1.54, 1.807) is 14.2 Å². The highest BCUT2D eigenvalue weighted by molar-refractivity contribution is 5.72. The molecule has 1 aromatic rings. The predicted molar refractivity (Wildman–Crippen MR) is 64.0 cm³/mol. The molecule has 2 unspecified atom stereocenters. The Kier molecular flexibility index (Phi) is 2.23. The molecule has 5 nitrogen and oxygen atoms in total. The van der Waals surface area contributed by atoms with E-state index in [0.29, 0.717) is 11.5 Å². The number of carboxylic acid groups (broad SMARTS) is 1. The summed E-state index contributed by atoms with van der Waals surface area (Å²) in [5.41, 5.74) is 1.95. The van der Waals surface area contributed by atoms with Crippen LogP contribution in [-0.2, 0) is 0 Å². The lowest BCUT2D eigenvalue weighted by Gasteiger charge is -2.17. The normalized spacial score (nSPS) is 23.1. The van der Waals surface area contributed by atoms with E-state index >= 15 is 0 Å². The van der Waals surface area contributed by atoms with Crippen molar-refractivity contribution in [2.75, 3.05) is 14.2 Å². The molecule has 1 amide bonds. The van der Waals surface area contributed by atoms with Gasteiger partial charge in [-0.1, -0.05) is 12.2 Å². The van der Waals surface area contributed by atoms with Crippen LogP contribution in [0.1, 0.15) is 23.2 Å². The largest absolute Gasteiger partial charge is 0.493 e. The Morgan fingerprint density at radius 3 is 1.89 bits per heavy atom. The van der Waals surface area contributed by atoms with Crippen molar-refractivity contribution < 1.29 is 19.4 Å². The van der Waals surface area contributed by atoms with Gasteiger partial charge in [0.2, 0.25) is 0 Å². The Balaban J connectivity index is 2.13. The fourth-order valence-corrected chi connectivity index (χ4v) is 2.74. The van der Waals surface area contributed by atoms with Gasteiger partial charge in [0.05, 0.1) is 26.3 Å². The van der Waals surface area contributed by atoms with Crippen LogP contribution in [0.4, 0.5) is 4.79 Å². The number of nitrogens with zero attached hydrogens (tertiary/aromatic N) is 1. The molecule has 0 saturated carbocycles. The monoisotopic (exact) mass is 247 g/mol. The van der Waals surface area contributed by atoms with Crippen molar-refractivity contribution >= 4 is 6.09 Å². The predicted octanol–water partition coefficient (Wildman–Crippen LogP) is 2.35. The number of carbonyl (C=O) groups is 1. The summed E-state index contributed by atoms with van der Waals surface area (Å²) >= 11 is 0. The lowest BCUT2D eigenvalue weighted by molar-refractivity contribution is 0.135. The molecule has 0 fully saturated rings. The summed E-state index contributed by atoms with van der Waals surface area (Å²) in [5, 5.41) is 9.24. The van der Waals surface area contributed by atoms with Crippen molar-refractivity contribution in [3.05, 3.63) is 35.4 Å². The van der Waals surface area contributed by atoms with Crippen LogP contribution in [0.15, 0.2) is 24.3 Å². The summed E-state index contributed by atoms with van der Waals surface area (Å²) < 4.78 is 10.5. The maximum atomic E-state index is 11.3. The summed E-state index contributed by atoms with van der Waals surface area (Å²) in [4.78, 5) is 12.7. The number of methoxy groups -OCH3 is 2. The van der Waals surface area contributed by atoms with Gasteiger partial charge in [0.15, 0.2) is 11.5 Å². The second-order valence-electron chi connectivity index (χ2n) is 4.30. The molecule has 1 N–H and O–H groups in total. The molecular weight excluding hydrogens is 234 g/mol. The molecule has 94 valence electrons. The molecule has 3 rings (SSSR count). The van der Waals surface area contributed by atoms with Crippen molar-refractivity contribution in [2.45, 2.75) is 12.1 Å². The molecule has 2 bridgehead atoms. The molecular formula is C13H13NO4. The van der Waals surface area contributed by atoms with Crippen LogP contribution in [0.2, 0.25) is 0 Å². The van der Waals surface area contributed by atoms with Gasteiger partial charge >= 0.3 is 6.09 Å². The first kappa shape index (κ1) is 11.0. The summed E-state index contributed by atoms with van der Waals surface area (Å²) in [6, 6.07) is 3.31. The molecule has 0 aliphatic carbocycles. The molecule has 2 aliphatic rings. The van der Waals surface area contributed by atoms with Gasteiger partial charge in [-0.25, -0.2) is 4.79 Å². The van der Waals surface area contributed by atoms with Gasteiger partial charge in [-0.05, 0) is 23.3 Å². The fraction of sp³-hybridized carbons (Fsp3) is 0.308. The van der Waals surface area contributed by atoms with Crippen LogP contribution in [0.25, 0.3) is 0 Å². The third-order valence-corrected chi connectivity index (χ3v) is 3.52. The van der Waals surface area contributed by atoms with Gasteiger partial charge in [-0.2, -0.15) is 0 Å². The van der Waals surface area contributed by atoms with Gasteiger partial charge < -0.3 is 14.6 Å². The highest BCUT2D eigenvalue weighted by atomic mass is 16.5. The Bertz CT molecular complexity index is 511. The zero-order valence-corrected chi connectivity index (χ0v) is 10.1. The van der Waals surface area contributed by atoms with E-state index in [9.17, 15) is 9.90 Å². The molecule has 2 atom stereocenters. The van der Waals surface area contributed by atoms with Crippen LogP contribution in [0.3, 0.4) is 0 Å². The van der Waals surface area contributed by atoms with Gasteiger partial charge in [0.25, 0.3) is 0 Å². The van der Waals surface area contributed by atoms with Gasteiger partial charge in [0.1, 0.15) is 0 Å². The molecule has 18 heavy (non-hydrogen) atoms. The number of ether oxygens (including phenoxy) is 2. The molecule has 0 radical (unpaired) electrons. The Morgan fingerprint density at radius 2 is 1.56 bits per heavy atom. The van der Waals surface area contributed by atoms with Crippen LogP contribution in [-0.4, -0.2) is 30.3 Å². The van der Waals surface area contributed by atoms with E-state index < -0.39 is 6.09 Å². The maximum Gasteiger partial charge on any atom is 0.408 e. The van der Waals surface area contributed by atoms with Crippen molar-refractivity contribution in [3.63, 3.8) is 0 Å². The Morgan fingerprint density at radius 1 is 1.11 bits per heavy atom. The number of amides is 1. The van der Waals surface area contributed by atoms with E-state index in [1.165, 1.54) is 4.90 Å². The second-order valence-corrected chi connectivity index (χ2v) is 4.30. The number of hydrogen-bond donors (Lipinski definition) is 1. The quantitative estimate of drug-likeness (QED) is 0.815. The topological polar surface area (TPSA) is 59.0 Å². The fourth-order valence-electron chi connectivity index (χ4n) is 2.74. The van der Waals surface area contributed by atoms with Gasteiger partial charge in [-0.3, -0.25) is 4.90 Å². The van der Waals surface area contributed by atoms with E-state index in [-0.39, 0.29) is 12.1 Å². The number of fused-ring (bicyclic) bond motifs is 5. The van der Waals surface area contributed by atoms with E-state index in [2.05, 4.69) is 0 Å². The minimum absolute atomic E-state index is 0.206. The zero-order chi connectivity index (χ0) is 12.9. The molecule has 0 spiro atoms. The second kappa shape index (κ2) is 3.66. The summed E-state index contributed by atoms with van der Waals surface area (Å²) in [5.74, 6) is 1.25. The van der Waals surface area contributed by atoms with E-state index in [1.807, 2.05) is 24.3 Å². The van der Waals surface area contributed by atoms with E-state index in [0.717, 1.165) is 11.1 Å². The number of benzene rings is 1. The first-order chi connectivity index (χ1) is 8.67. The van der Waals surface area contributed by atoms with E-state index in [4.69, 9.17) is 9.47 Å². The first-order valence-electron chi connectivity index (χ1n) is 5.62. The first-order valence-corrected chi connectivity index (χ1v) is 5.62. The van der Waals surface area contributed by atoms with Crippen LogP contribution < -0.4 is 9.47 Å². The van der Waals surface area contributed by atoms with Crippen LogP contribution in [0, 0.1) is 0 Å². The SMILES string of the molecule is COc1cc2c(cc1OC)C1C=CC2N1C(=O)O. The van der Waals surface area contributed by atoms with Crippen LogP contribution in [0.5, 0.6) is 11.5 Å². The number of rotatable bonds is 2. The Labute approximate surface area is 104 Å². The Hall–Kier alpha value is -2.17. The molecule has 1 aromatic carbocycles. The molecule has 2 aliphatic heterocycles. The third-order valence-electron chi connectivity index (χ3n) is 3.52. The average molecular weight is 247 g/mol. The standard InChI is InChI=1S/C13H13NO4/c1-17-11-5-7-8(6-12(11)18-2)10-4-3-9(7)14(10)13(15)16/h3-6,9-10H,1-2H3,(H,15,16). The minimum Gasteiger partial charge on any atom is -0.493 e. The third kappa shape index (κ3) is 1.24. The van der Waals surface area contributed by atoms with Crippen molar-refractivity contribution in [2.24, 2.45) is 0 Å². The lowest BCUT2D eigenvalue weighted by atomic mass is 9.96. The number of hydrogen-bond acceptors (Lipinski definition) is 3. The molecule has 2 heterocycles. The zero-order valence-electron chi connectivity index (χ0n) is 10.1. The summed E-state index contributed by atoms with van der Waals surface area (Å²) in [7, 11) is 3.14. The molecule has 0 saturated heterocycles. The summed E-state index contributed by atoms with van der Waals surface area (Å²) in [6.45, 7) is 0. The van der Waals surface area contributed by atoms with Crippen LogP contribution >= 0.6 is 0 Å². The molecule has 5 heteroatoms. The van der Waals surface area contributed by atoms with Gasteiger partial charge in [0, 0.05) is 0 Å². The van der Waals surface area contributed by atoms with Crippen molar-refractivity contribution in [1.29, 1.82) is 0 Å². The minimum atomic E-state index is -0.913. The van der Waals surface area contributed by atoms with Gasteiger partial charge in [-0.15, -0.1) is 0 Å². The maximum absolute atomic E-state index is 11.3. The summed E-state index contributed by atoms with van der Waals surface area (Å²) in [6.07, 6.45) is 2.91. The molecule has 0 aromatic heterocycles. The van der Waals surface area contributed by atoms with Crippen molar-refractivity contribution in [1.82, 2.24) is 4.90 Å². The van der Waals surface area contributed by atoms with Crippen molar-refractivity contribution in [3.8, 4) is 11.5 Å². The highest BCUT2D eigenvalue weighted by Gasteiger charge is 2.43. The lowest BCUT2D eigenvalue weighted by Crippen LogP contribution is -2.26.